The van der Waals surface area contributed by atoms with Crippen molar-refractivity contribution in [2.24, 2.45) is 5.92 Å². The van der Waals surface area contributed by atoms with Crippen molar-refractivity contribution in [3.63, 3.8) is 0 Å². The van der Waals surface area contributed by atoms with Crippen molar-refractivity contribution >= 4 is 10.0 Å². The van der Waals surface area contributed by atoms with Gasteiger partial charge < -0.3 is 5.32 Å². The van der Waals surface area contributed by atoms with Crippen LogP contribution in [-0.2, 0) is 16.6 Å². The highest BCUT2D eigenvalue weighted by Crippen LogP contribution is 2.33. The topological polar surface area (TPSA) is 58.2 Å². The third-order valence-corrected chi connectivity index (χ3v) is 4.87. The van der Waals surface area contributed by atoms with Crippen LogP contribution in [0.3, 0.4) is 0 Å². The summed E-state index contributed by atoms with van der Waals surface area (Å²) < 4.78 is 26.7. The first-order chi connectivity index (χ1) is 9.12. The van der Waals surface area contributed by atoms with Gasteiger partial charge >= 0.3 is 0 Å². The van der Waals surface area contributed by atoms with E-state index < -0.39 is 10.0 Å². The van der Waals surface area contributed by atoms with Crippen LogP contribution in [0.2, 0.25) is 0 Å². The summed E-state index contributed by atoms with van der Waals surface area (Å²) in [5.74, 6) is 0.852. The average molecular weight is 282 g/mol. The second-order valence-corrected chi connectivity index (χ2v) is 6.92. The van der Waals surface area contributed by atoms with E-state index in [4.69, 9.17) is 0 Å². The molecule has 1 aliphatic carbocycles. The molecule has 1 aromatic rings. The van der Waals surface area contributed by atoms with Crippen LogP contribution in [0.4, 0.5) is 0 Å². The fraction of sp³-hybridized carbons (Fsp3) is 0.571. The fourth-order valence-corrected chi connectivity index (χ4v) is 3.15. The normalized spacial score (nSPS) is 15.6. The first-order valence-electron chi connectivity index (χ1n) is 6.85. The lowest BCUT2D eigenvalue weighted by Crippen LogP contribution is -2.24. The summed E-state index contributed by atoms with van der Waals surface area (Å²) in [6.07, 6.45) is 4.71. The van der Waals surface area contributed by atoms with E-state index in [0.717, 1.165) is 30.9 Å². The Kier molecular flexibility index (Phi) is 4.96. The molecular formula is C14H22N2O2S. The number of sulfonamides is 1. The molecule has 0 unspecified atom stereocenters. The van der Waals surface area contributed by atoms with Crippen LogP contribution in [0, 0.1) is 5.92 Å². The van der Waals surface area contributed by atoms with Gasteiger partial charge in [0.05, 0.1) is 4.90 Å². The molecule has 0 radical (unpaired) electrons. The molecule has 1 aliphatic rings. The van der Waals surface area contributed by atoms with E-state index in [0.29, 0.717) is 11.4 Å². The third-order valence-electron chi connectivity index (χ3n) is 3.39. The van der Waals surface area contributed by atoms with Crippen molar-refractivity contribution in [1.82, 2.24) is 10.0 Å². The lowest BCUT2D eigenvalue weighted by molar-refractivity contribution is 0.572. The summed E-state index contributed by atoms with van der Waals surface area (Å²) in [6.45, 7) is 1.28. The molecule has 2 N–H and O–H groups in total. The van der Waals surface area contributed by atoms with Crippen molar-refractivity contribution in [1.29, 1.82) is 0 Å². The zero-order chi connectivity index (χ0) is 13.7. The predicted molar refractivity (Wildman–Crippen MR) is 76.4 cm³/mol. The van der Waals surface area contributed by atoms with Crippen molar-refractivity contribution in [2.45, 2.75) is 37.1 Å². The van der Waals surface area contributed by atoms with Crippen molar-refractivity contribution in [2.75, 3.05) is 13.6 Å². The number of rotatable bonds is 8. The Balaban J connectivity index is 1.86. The average Bonchev–Trinajstić information content (AvgIpc) is 3.20. The molecule has 0 heterocycles. The maximum Gasteiger partial charge on any atom is 0.240 e. The molecule has 0 aliphatic heterocycles. The van der Waals surface area contributed by atoms with Gasteiger partial charge in [-0.05, 0) is 43.5 Å². The summed E-state index contributed by atoms with van der Waals surface area (Å²) in [6, 6.07) is 7.01. The molecule has 1 fully saturated rings. The van der Waals surface area contributed by atoms with E-state index in [9.17, 15) is 8.42 Å². The van der Waals surface area contributed by atoms with E-state index in [-0.39, 0.29) is 0 Å². The van der Waals surface area contributed by atoms with Crippen molar-refractivity contribution in [3.05, 3.63) is 29.8 Å². The van der Waals surface area contributed by atoms with E-state index in [1.807, 2.05) is 19.2 Å². The molecule has 0 atom stereocenters. The highest BCUT2D eigenvalue weighted by Gasteiger charge is 2.20. The number of nitrogens with one attached hydrogen (secondary N) is 2. The Morgan fingerprint density at radius 2 is 1.89 bits per heavy atom. The molecule has 1 saturated carbocycles. The van der Waals surface area contributed by atoms with Gasteiger partial charge in [0.2, 0.25) is 10.0 Å². The molecule has 0 aromatic heterocycles. The SMILES string of the molecule is CNCc1ccc(S(=O)(=O)NCCCC2CC2)cc1. The van der Waals surface area contributed by atoms with E-state index in [2.05, 4.69) is 10.0 Å². The minimum atomic E-state index is -3.34. The van der Waals surface area contributed by atoms with Crippen LogP contribution in [-0.4, -0.2) is 22.0 Å². The van der Waals surface area contributed by atoms with Crippen LogP contribution in [0.5, 0.6) is 0 Å². The van der Waals surface area contributed by atoms with E-state index in [1.54, 1.807) is 12.1 Å². The van der Waals surface area contributed by atoms with Crippen molar-refractivity contribution < 1.29 is 8.42 Å². The smallest absolute Gasteiger partial charge is 0.240 e. The minimum Gasteiger partial charge on any atom is -0.316 e. The van der Waals surface area contributed by atoms with Crippen LogP contribution in [0.1, 0.15) is 31.2 Å². The Morgan fingerprint density at radius 1 is 1.21 bits per heavy atom. The molecule has 0 amide bonds. The molecule has 2 rings (SSSR count). The summed E-state index contributed by atoms with van der Waals surface area (Å²) in [4.78, 5) is 0.346. The van der Waals surface area contributed by atoms with Crippen molar-refractivity contribution in [3.8, 4) is 0 Å². The zero-order valence-electron chi connectivity index (χ0n) is 11.4. The molecule has 4 nitrogen and oxygen atoms in total. The van der Waals surface area contributed by atoms with Gasteiger partial charge in [0.1, 0.15) is 0 Å². The lowest BCUT2D eigenvalue weighted by atomic mass is 10.2. The Morgan fingerprint density at radius 3 is 2.47 bits per heavy atom. The van der Waals surface area contributed by atoms with Crippen LogP contribution in [0.15, 0.2) is 29.2 Å². The number of hydrogen-bond acceptors (Lipinski definition) is 3. The molecule has 106 valence electrons. The maximum atomic E-state index is 12.0. The monoisotopic (exact) mass is 282 g/mol. The van der Waals surface area contributed by atoms with Gasteiger partial charge in [-0.3, -0.25) is 0 Å². The fourth-order valence-electron chi connectivity index (χ4n) is 2.08. The highest BCUT2D eigenvalue weighted by atomic mass is 32.2. The van der Waals surface area contributed by atoms with Gasteiger partial charge in [0, 0.05) is 13.1 Å². The Bertz CT molecular complexity index is 493. The van der Waals surface area contributed by atoms with Crippen LogP contribution < -0.4 is 10.0 Å². The molecule has 0 saturated heterocycles. The van der Waals surface area contributed by atoms with E-state index in [1.165, 1.54) is 12.8 Å². The largest absolute Gasteiger partial charge is 0.316 e. The van der Waals surface area contributed by atoms with Gasteiger partial charge in [-0.2, -0.15) is 0 Å². The number of hydrogen-bond donors (Lipinski definition) is 2. The molecule has 5 heteroatoms. The van der Waals surface area contributed by atoms with Crippen LogP contribution in [0.25, 0.3) is 0 Å². The maximum absolute atomic E-state index is 12.0. The summed E-state index contributed by atoms with van der Waals surface area (Å²) >= 11 is 0. The summed E-state index contributed by atoms with van der Waals surface area (Å²) in [5.41, 5.74) is 1.08. The third kappa shape index (κ3) is 4.60. The van der Waals surface area contributed by atoms with E-state index >= 15 is 0 Å². The second-order valence-electron chi connectivity index (χ2n) is 5.16. The predicted octanol–water partition coefficient (Wildman–Crippen LogP) is 1.87. The molecule has 0 spiro atoms. The lowest BCUT2D eigenvalue weighted by Gasteiger charge is -2.07. The number of benzene rings is 1. The summed E-state index contributed by atoms with van der Waals surface area (Å²) in [5, 5.41) is 3.04. The molecule has 1 aromatic carbocycles. The minimum absolute atomic E-state index is 0.346. The van der Waals surface area contributed by atoms with Gasteiger partial charge in [-0.1, -0.05) is 25.0 Å². The Labute approximate surface area is 115 Å². The summed E-state index contributed by atoms with van der Waals surface area (Å²) in [7, 11) is -1.47. The highest BCUT2D eigenvalue weighted by molar-refractivity contribution is 7.89. The standard InChI is InChI=1S/C14H22N2O2S/c1-15-11-13-6-8-14(9-7-13)19(17,18)16-10-2-3-12-4-5-12/h6-9,12,15-16H,2-5,10-11H2,1H3. The first-order valence-corrected chi connectivity index (χ1v) is 8.33. The van der Waals surface area contributed by atoms with Gasteiger partial charge in [0.15, 0.2) is 0 Å². The first kappa shape index (κ1) is 14.5. The van der Waals surface area contributed by atoms with Crippen LogP contribution >= 0.6 is 0 Å². The quantitative estimate of drug-likeness (QED) is 0.716. The van der Waals surface area contributed by atoms with Gasteiger partial charge in [0.25, 0.3) is 0 Å². The Hall–Kier alpha value is -0.910. The zero-order valence-corrected chi connectivity index (χ0v) is 12.2. The van der Waals surface area contributed by atoms with Gasteiger partial charge in [-0.15, -0.1) is 0 Å². The van der Waals surface area contributed by atoms with Gasteiger partial charge in [-0.25, -0.2) is 13.1 Å². The molecule has 19 heavy (non-hydrogen) atoms. The molecular weight excluding hydrogens is 260 g/mol. The second kappa shape index (κ2) is 6.50. The molecule has 0 bridgehead atoms.